The van der Waals surface area contributed by atoms with Crippen LogP contribution in [0.25, 0.3) is 0 Å². The summed E-state index contributed by atoms with van der Waals surface area (Å²) >= 11 is 0. The zero-order valence-electron chi connectivity index (χ0n) is 5.00. The van der Waals surface area contributed by atoms with Gasteiger partial charge < -0.3 is 10.8 Å². The lowest BCUT2D eigenvalue weighted by Gasteiger charge is -1.85. The van der Waals surface area contributed by atoms with Gasteiger partial charge in [-0.3, -0.25) is 4.79 Å². The van der Waals surface area contributed by atoms with Gasteiger partial charge in [0.15, 0.2) is 0 Å². The van der Waals surface area contributed by atoms with E-state index in [0.717, 1.165) is 12.8 Å². The Morgan fingerprint density at radius 1 is 1.67 bits per heavy atom. The Morgan fingerprint density at radius 3 is 2.33 bits per heavy atom. The predicted molar refractivity (Wildman–Crippen MR) is 30.8 cm³/mol. The molecule has 0 bridgehead atoms. The maximum absolute atomic E-state index is 10.3. The maximum Gasteiger partial charge on any atom is 0.307 e. The number of carbonyl (C=O) groups is 1. The fraction of sp³-hybridized carbons (Fsp3) is 0.833. The quantitative estimate of drug-likeness (QED) is 0.513. The number of hydrogen-bond acceptors (Lipinski definition) is 2. The molecule has 9 heavy (non-hydrogen) atoms. The van der Waals surface area contributed by atoms with Gasteiger partial charge in [0.05, 0.1) is 5.92 Å². The van der Waals surface area contributed by atoms with Crippen molar-refractivity contribution in [3.8, 4) is 0 Å². The summed E-state index contributed by atoms with van der Waals surface area (Å²) in [5, 5.41) is 8.49. The average Bonchev–Trinajstić information content (AvgIpc) is 2.54. The van der Waals surface area contributed by atoms with Crippen molar-refractivity contribution in [2.45, 2.75) is 18.9 Å². The van der Waals surface area contributed by atoms with Crippen molar-refractivity contribution in [2.24, 2.45) is 17.1 Å². The summed E-state index contributed by atoms with van der Waals surface area (Å²) in [5.41, 5.74) is 5.60. The molecule has 3 N–H and O–H groups in total. The molecule has 3 heteroatoms. The van der Waals surface area contributed by atoms with Gasteiger partial charge in [-0.25, -0.2) is 0 Å². The summed E-state index contributed by atoms with van der Waals surface area (Å²) in [6.07, 6.45) is 1.76. The predicted octanol–water partition coefficient (Wildman–Crippen LogP) is -0.192. The largest absolute Gasteiger partial charge is 0.481 e. The molecule has 0 amide bonds. The van der Waals surface area contributed by atoms with Crippen molar-refractivity contribution < 1.29 is 9.90 Å². The molecule has 3 unspecified atom stereocenters. The van der Waals surface area contributed by atoms with E-state index >= 15 is 0 Å². The number of rotatable bonds is 1. The molecule has 1 spiro atoms. The molecule has 2 fully saturated rings. The fourth-order valence-electron chi connectivity index (χ4n) is 1.64. The van der Waals surface area contributed by atoms with Gasteiger partial charge in [-0.05, 0) is 12.8 Å². The second kappa shape index (κ2) is 1.14. The molecular formula is C6H9NO2. The second-order valence-electron chi connectivity index (χ2n) is 3.14. The van der Waals surface area contributed by atoms with Gasteiger partial charge in [0.2, 0.25) is 0 Å². The summed E-state index contributed by atoms with van der Waals surface area (Å²) in [6, 6.07) is 0.193. The van der Waals surface area contributed by atoms with Gasteiger partial charge in [-0.2, -0.15) is 0 Å². The van der Waals surface area contributed by atoms with E-state index in [1.54, 1.807) is 0 Å². The van der Waals surface area contributed by atoms with Gasteiger partial charge in [0, 0.05) is 11.5 Å². The van der Waals surface area contributed by atoms with Crippen molar-refractivity contribution in [1.82, 2.24) is 0 Å². The van der Waals surface area contributed by atoms with Crippen molar-refractivity contribution >= 4 is 5.97 Å². The van der Waals surface area contributed by atoms with E-state index in [4.69, 9.17) is 10.8 Å². The summed E-state index contributed by atoms with van der Waals surface area (Å²) in [4.78, 5) is 10.3. The summed E-state index contributed by atoms with van der Waals surface area (Å²) < 4.78 is 0. The van der Waals surface area contributed by atoms with Crippen LogP contribution in [0.15, 0.2) is 0 Å². The molecule has 0 radical (unpaired) electrons. The SMILES string of the molecule is NC1CC12CC2C(=O)O. The minimum Gasteiger partial charge on any atom is -0.481 e. The Morgan fingerprint density at radius 2 is 2.22 bits per heavy atom. The molecule has 0 saturated heterocycles. The monoisotopic (exact) mass is 127 g/mol. The molecule has 0 heterocycles. The van der Waals surface area contributed by atoms with Crippen LogP contribution >= 0.6 is 0 Å². The minimum absolute atomic E-state index is 0.0752. The Kier molecular flexibility index (Phi) is 0.662. The minimum atomic E-state index is -0.664. The Hall–Kier alpha value is -0.570. The lowest BCUT2D eigenvalue weighted by molar-refractivity contribution is -0.139. The van der Waals surface area contributed by atoms with E-state index in [9.17, 15) is 4.79 Å². The third-order valence-electron chi connectivity index (χ3n) is 2.59. The van der Waals surface area contributed by atoms with Crippen LogP contribution in [-0.4, -0.2) is 17.1 Å². The van der Waals surface area contributed by atoms with Crippen molar-refractivity contribution in [3.63, 3.8) is 0 Å². The van der Waals surface area contributed by atoms with Crippen LogP contribution in [-0.2, 0) is 4.79 Å². The van der Waals surface area contributed by atoms with Gasteiger partial charge in [0.25, 0.3) is 0 Å². The fourth-order valence-corrected chi connectivity index (χ4v) is 1.64. The molecular weight excluding hydrogens is 118 g/mol. The zero-order valence-corrected chi connectivity index (χ0v) is 5.00. The highest BCUT2D eigenvalue weighted by Gasteiger charge is 2.72. The van der Waals surface area contributed by atoms with Gasteiger partial charge in [0.1, 0.15) is 0 Å². The average molecular weight is 127 g/mol. The van der Waals surface area contributed by atoms with E-state index in [2.05, 4.69) is 0 Å². The standard InChI is InChI=1S/C6H9NO2/c7-4-2-6(4)1-3(6)5(8)9/h3-4H,1-2,7H2,(H,8,9). The van der Waals surface area contributed by atoms with Gasteiger partial charge in [-0.1, -0.05) is 0 Å². The first-order valence-corrected chi connectivity index (χ1v) is 3.15. The highest BCUT2D eigenvalue weighted by molar-refractivity contribution is 5.76. The number of nitrogens with two attached hydrogens (primary N) is 1. The second-order valence-corrected chi connectivity index (χ2v) is 3.14. The summed E-state index contributed by atoms with van der Waals surface area (Å²) in [6.45, 7) is 0. The molecule has 3 atom stereocenters. The van der Waals surface area contributed by atoms with Crippen LogP contribution in [0.3, 0.4) is 0 Å². The number of aliphatic carboxylic acids is 1. The number of carboxylic acids is 1. The third kappa shape index (κ3) is 0.477. The number of hydrogen-bond donors (Lipinski definition) is 2. The van der Waals surface area contributed by atoms with Crippen LogP contribution in [0, 0.1) is 11.3 Å². The molecule has 3 nitrogen and oxygen atoms in total. The normalized spacial score (nSPS) is 53.4. The molecule has 0 aromatic heterocycles. The van der Waals surface area contributed by atoms with Crippen LogP contribution in [0.1, 0.15) is 12.8 Å². The van der Waals surface area contributed by atoms with E-state index in [0.29, 0.717) is 0 Å². The van der Waals surface area contributed by atoms with E-state index < -0.39 is 5.97 Å². The Labute approximate surface area is 52.8 Å². The summed E-state index contributed by atoms with van der Waals surface area (Å²) in [5.74, 6) is -0.768. The van der Waals surface area contributed by atoms with Crippen LogP contribution in [0.4, 0.5) is 0 Å². The molecule has 2 aliphatic rings. The highest BCUT2D eigenvalue weighted by Crippen LogP contribution is 2.69. The van der Waals surface area contributed by atoms with E-state index in [1.165, 1.54) is 0 Å². The first-order chi connectivity index (χ1) is 4.17. The Balaban J connectivity index is 2.04. The topological polar surface area (TPSA) is 63.3 Å². The molecule has 2 saturated carbocycles. The highest BCUT2D eigenvalue weighted by atomic mass is 16.4. The zero-order chi connectivity index (χ0) is 6.65. The van der Waals surface area contributed by atoms with Crippen LogP contribution in [0.2, 0.25) is 0 Å². The van der Waals surface area contributed by atoms with E-state index in [1.807, 2.05) is 0 Å². The Bertz CT molecular complexity index is 180. The molecule has 2 aliphatic carbocycles. The molecule has 2 rings (SSSR count). The third-order valence-corrected chi connectivity index (χ3v) is 2.59. The van der Waals surface area contributed by atoms with Crippen molar-refractivity contribution in [2.75, 3.05) is 0 Å². The first-order valence-electron chi connectivity index (χ1n) is 3.15. The van der Waals surface area contributed by atoms with E-state index in [-0.39, 0.29) is 17.4 Å². The first kappa shape index (κ1) is 5.23. The molecule has 50 valence electrons. The van der Waals surface area contributed by atoms with Gasteiger partial charge in [-0.15, -0.1) is 0 Å². The van der Waals surface area contributed by atoms with Crippen molar-refractivity contribution in [3.05, 3.63) is 0 Å². The maximum atomic E-state index is 10.3. The van der Waals surface area contributed by atoms with Crippen LogP contribution in [0.5, 0.6) is 0 Å². The van der Waals surface area contributed by atoms with Crippen molar-refractivity contribution in [1.29, 1.82) is 0 Å². The number of carboxylic acid groups (broad SMARTS) is 1. The van der Waals surface area contributed by atoms with Gasteiger partial charge >= 0.3 is 5.97 Å². The smallest absolute Gasteiger partial charge is 0.307 e. The lowest BCUT2D eigenvalue weighted by atomic mass is 10.3. The lowest BCUT2D eigenvalue weighted by Crippen LogP contribution is -2.07. The molecule has 0 aromatic carbocycles. The van der Waals surface area contributed by atoms with Crippen LogP contribution < -0.4 is 5.73 Å². The molecule has 0 aromatic rings. The molecule has 0 aliphatic heterocycles. The summed E-state index contributed by atoms with van der Waals surface area (Å²) in [7, 11) is 0.